The Morgan fingerprint density at radius 1 is 0.720 bits per heavy atom. The molecule has 4 aromatic rings. The Balaban J connectivity index is 1.53. The van der Waals surface area contributed by atoms with Gasteiger partial charge in [-0.25, -0.2) is 4.79 Å². The second-order valence-corrected chi connectivity index (χ2v) is 11.9. The molecule has 0 saturated carbocycles. The largest absolute Gasteiger partial charge is 0.508 e. The van der Waals surface area contributed by atoms with Crippen LogP contribution in [0.4, 0.5) is 0 Å². The van der Waals surface area contributed by atoms with Crippen molar-refractivity contribution in [2.45, 2.75) is 56.3 Å². The Labute approximate surface area is 288 Å². The molecule has 0 aliphatic heterocycles. The van der Waals surface area contributed by atoms with Gasteiger partial charge in [0, 0.05) is 36.5 Å². The molecule has 4 unspecified atom stereocenters. The van der Waals surface area contributed by atoms with E-state index >= 15 is 0 Å². The van der Waals surface area contributed by atoms with Crippen LogP contribution in [0.5, 0.6) is 11.5 Å². The highest BCUT2D eigenvalue weighted by atomic mass is 16.4. The molecule has 15 heteroatoms. The van der Waals surface area contributed by atoms with Gasteiger partial charge in [0.1, 0.15) is 29.6 Å². The molecular weight excluding hydrogens is 644 g/mol. The number of para-hydroxylation sites is 1. The number of aliphatic carboxylic acids is 1. The number of aliphatic imine (C=N–C) groups is 1. The van der Waals surface area contributed by atoms with E-state index in [1.165, 1.54) is 24.3 Å². The molecule has 0 spiro atoms. The topological polar surface area (TPSA) is 271 Å². The SMILES string of the molecule is NC(N)=NCCCC(NC(=O)C(Cc1ccc(O)cc1)NC(=O)C(N)Cc1ccc(O)cc1)C(=O)NC(Cc1c[nH]c2ccccc12)C(=O)O. The Bertz CT molecular complexity index is 1800. The zero-order valence-corrected chi connectivity index (χ0v) is 27.2. The normalized spacial score (nSPS) is 13.4. The molecule has 0 fully saturated rings. The van der Waals surface area contributed by atoms with Gasteiger partial charge in [0.05, 0.1) is 6.04 Å². The minimum Gasteiger partial charge on any atom is -0.508 e. The number of benzene rings is 3. The number of aromatic nitrogens is 1. The number of phenolic OH excluding ortho intramolecular Hbond substituents is 2. The van der Waals surface area contributed by atoms with Crippen molar-refractivity contribution in [3.05, 3.63) is 95.7 Å². The number of phenols is 2. The Hall–Kier alpha value is -6.09. The van der Waals surface area contributed by atoms with Gasteiger partial charge in [0.25, 0.3) is 0 Å². The molecule has 1 heterocycles. The molecule has 50 heavy (non-hydrogen) atoms. The third kappa shape index (κ3) is 10.7. The number of guanidine groups is 1. The number of amides is 3. The van der Waals surface area contributed by atoms with Crippen molar-refractivity contribution in [1.29, 1.82) is 0 Å². The summed E-state index contributed by atoms with van der Waals surface area (Å²) in [5.74, 6) is -3.48. The van der Waals surface area contributed by atoms with E-state index in [4.69, 9.17) is 17.2 Å². The summed E-state index contributed by atoms with van der Waals surface area (Å²) in [6.45, 7) is 0.138. The molecule has 0 radical (unpaired) electrons. The van der Waals surface area contributed by atoms with E-state index in [0.717, 1.165) is 10.9 Å². The van der Waals surface area contributed by atoms with Crippen LogP contribution in [0.3, 0.4) is 0 Å². The highest BCUT2D eigenvalue weighted by Gasteiger charge is 2.31. The molecule has 15 nitrogen and oxygen atoms in total. The van der Waals surface area contributed by atoms with E-state index in [9.17, 15) is 34.5 Å². The maximum absolute atomic E-state index is 13.8. The molecule has 0 aliphatic rings. The zero-order chi connectivity index (χ0) is 36.2. The average Bonchev–Trinajstić information content (AvgIpc) is 3.49. The smallest absolute Gasteiger partial charge is 0.326 e. The van der Waals surface area contributed by atoms with Crippen LogP contribution in [0.1, 0.15) is 29.5 Å². The first kappa shape index (κ1) is 36.7. The summed E-state index contributed by atoms with van der Waals surface area (Å²) in [6, 6.07) is 14.7. The number of nitrogens with zero attached hydrogens (tertiary/aromatic N) is 1. The summed E-state index contributed by atoms with van der Waals surface area (Å²) in [5.41, 5.74) is 19.8. The minimum absolute atomic E-state index is 0.00726. The van der Waals surface area contributed by atoms with Crippen LogP contribution in [0.2, 0.25) is 0 Å². The van der Waals surface area contributed by atoms with E-state index in [1.54, 1.807) is 30.5 Å². The van der Waals surface area contributed by atoms with Crippen LogP contribution in [-0.4, -0.2) is 80.7 Å². The molecule has 0 aliphatic carbocycles. The van der Waals surface area contributed by atoms with Gasteiger partial charge in [-0.3, -0.25) is 19.4 Å². The second kappa shape index (κ2) is 17.3. The number of aromatic hydroxyl groups is 2. The maximum atomic E-state index is 13.8. The maximum Gasteiger partial charge on any atom is 0.326 e. The molecule has 0 saturated heterocycles. The number of hydrogen-bond acceptors (Lipinski definition) is 8. The molecule has 264 valence electrons. The number of hydrogen-bond donors (Lipinski definition) is 10. The van der Waals surface area contributed by atoms with Crippen LogP contribution in [0.15, 0.2) is 84.0 Å². The first-order valence-electron chi connectivity index (χ1n) is 15.9. The predicted molar refractivity (Wildman–Crippen MR) is 187 cm³/mol. The van der Waals surface area contributed by atoms with E-state index < -0.39 is 47.9 Å². The van der Waals surface area contributed by atoms with Crippen molar-refractivity contribution in [2.24, 2.45) is 22.2 Å². The lowest BCUT2D eigenvalue weighted by atomic mass is 10.0. The fourth-order valence-corrected chi connectivity index (χ4v) is 5.37. The van der Waals surface area contributed by atoms with Crippen molar-refractivity contribution < 1.29 is 34.5 Å². The predicted octanol–water partition coefficient (Wildman–Crippen LogP) is 0.527. The van der Waals surface area contributed by atoms with Gasteiger partial charge >= 0.3 is 5.97 Å². The van der Waals surface area contributed by atoms with E-state index in [2.05, 4.69) is 25.9 Å². The molecule has 1 aromatic heterocycles. The van der Waals surface area contributed by atoms with Crippen molar-refractivity contribution in [3.8, 4) is 11.5 Å². The van der Waals surface area contributed by atoms with Crippen LogP contribution in [0.25, 0.3) is 10.9 Å². The Kier molecular flexibility index (Phi) is 12.7. The van der Waals surface area contributed by atoms with Crippen LogP contribution in [-0.2, 0) is 38.4 Å². The van der Waals surface area contributed by atoms with Gasteiger partial charge in [-0.15, -0.1) is 0 Å². The number of fused-ring (bicyclic) bond motifs is 1. The summed E-state index contributed by atoms with van der Waals surface area (Å²) in [7, 11) is 0. The Morgan fingerprint density at radius 2 is 1.28 bits per heavy atom. The first-order valence-corrected chi connectivity index (χ1v) is 15.9. The third-order valence-electron chi connectivity index (χ3n) is 8.03. The summed E-state index contributed by atoms with van der Waals surface area (Å²) in [4.78, 5) is 60.0. The minimum atomic E-state index is -1.33. The highest BCUT2D eigenvalue weighted by molar-refractivity contribution is 5.94. The Morgan fingerprint density at radius 3 is 1.90 bits per heavy atom. The number of carbonyl (C=O) groups excluding carboxylic acids is 3. The van der Waals surface area contributed by atoms with Crippen molar-refractivity contribution in [2.75, 3.05) is 6.54 Å². The first-order chi connectivity index (χ1) is 23.9. The lowest BCUT2D eigenvalue weighted by molar-refractivity contribution is -0.142. The van der Waals surface area contributed by atoms with Gasteiger partial charge in [0.2, 0.25) is 17.7 Å². The summed E-state index contributed by atoms with van der Waals surface area (Å²) < 4.78 is 0. The number of carbonyl (C=O) groups is 4. The highest BCUT2D eigenvalue weighted by Crippen LogP contribution is 2.20. The van der Waals surface area contributed by atoms with E-state index in [-0.39, 0.29) is 56.1 Å². The lowest BCUT2D eigenvalue weighted by Crippen LogP contribution is -2.58. The van der Waals surface area contributed by atoms with Gasteiger partial charge in [-0.2, -0.15) is 0 Å². The average molecular weight is 687 g/mol. The number of aromatic amines is 1. The van der Waals surface area contributed by atoms with Crippen molar-refractivity contribution in [3.63, 3.8) is 0 Å². The standard InChI is InChI=1S/C35H42N8O7/c36-26(16-20-7-11-23(44)12-8-20)31(46)42-29(17-21-9-13-24(45)14-10-21)33(48)41-28(6-3-15-39-35(37)38)32(47)43-30(34(49)50)18-22-19-40-27-5-2-1-4-25(22)27/h1-2,4-5,7-14,19,26,28-30,40,44-45H,3,6,15-18,36H2,(H,41,48)(H,42,46)(H,43,47)(H,49,50)(H4,37,38,39). The van der Waals surface area contributed by atoms with Gasteiger partial charge in [0.15, 0.2) is 5.96 Å². The number of carboxylic acids is 1. The fraction of sp³-hybridized carbons (Fsp3) is 0.286. The monoisotopic (exact) mass is 686 g/mol. The number of nitrogens with two attached hydrogens (primary N) is 3. The molecular formula is C35H42N8O7. The number of rotatable bonds is 17. The van der Waals surface area contributed by atoms with Gasteiger partial charge < -0.3 is 53.5 Å². The van der Waals surface area contributed by atoms with Crippen molar-refractivity contribution >= 4 is 40.6 Å². The zero-order valence-electron chi connectivity index (χ0n) is 27.2. The summed E-state index contributed by atoms with van der Waals surface area (Å²) in [5, 5.41) is 38.0. The van der Waals surface area contributed by atoms with E-state index in [0.29, 0.717) is 16.7 Å². The quantitative estimate of drug-likeness (QED) is 0.0418. The molecule has 4 atom stereocenters. The fourth-order valence-electron chi connectivity index (χ4n) is 5.37. The number of carboxylic acid groups (broad SMARTS) is 1. The molecule has 3 aromatic carbocycles. The van der Waals surface area contributed by atoms with Crippen LogP contribution >= 0.6 is 0 Å². The molecule has 13 N–H and O–H groups in total. The molecule has 3 amide bonds. The van der Waals surface area contributed by atoms with Gasteiger partial charge in [-0.1, -0.05) is 42.5 Å². The van der Waals surface area contributed by atoms with Gasteiger partial charge in [-0.05, 0) is 66.3 Å². The van der Waals surface area contributed by atoms with Crippen LogP contribution < -0.4 is 33.2 Å². The van der Waals surface area contributed by atoms with Crippen LogP contribution in [0, 0.1) is 0 Å². The molecule has 4 rings (SSSR count). The number of H-pyrrole nitrogens is 1. The second-order valence-electron chi connectivity index (χ2n) is 11.9. The van der Waals surface area contributed by atoms with Crippen molar-refractivity contribution in [1.82, 2.24) is 20.9 Å². The summed E-state index contributed by atoms with van der Waals surface area (Å²) in [6.07, 6.45) is 2.03. The summed E-state index contributed by atoms with van der Waals surface area (Å²) >= 11 is 0. The number of nitrogens with one attached hydrogen (secondary N) is 4. The third-order valence-corrected chi connectivity index (χ3v) is 8.03. The molecule has 0 bridgehead atoms. The lowest BCUT2D eigenvalue weighted by Gasteiger charge is -2.25. The van der Waals surface area contributed by atoms with E-state index in [1.807, 2.05) is 24.3 Å².